The molecule has 0 amide bonds. The van der Waals surface area contributed by atoms with E-state index in [4.69, 9.17) is 0 Å². The van der Waals surface area contributed by atoms with E-state index in [2.05, 4.69) is 24.1 Å². The van der Waals surface area contributed by atoms with Gasteiger partial charge in [0.15, 0.2) is 0 Å². The molecule has 0 radical (unpaired) electrons. The van der Waals surface area contributed by atoms with Crippen LogP contribution in [0.4, 0.5) is 4.39 Å². The fraction of sp³-hybridized carbons (Fsp3) is 0.625. The Labute approximate surface area is 115 Å². The summed E-state index contributed by atoms with van der Waals surface area (Å²) in [6, 6.07) is 7.74. The SMILES string of the molecule is CC1(C)CN(Cc2ccccc2F)C(C2CC2)CN1. The second-order valence-electron chi connectivity index (χ2n) is 6.67. The van der Waals surface area contributed by atoms with Crippen molar-refractivity contribution in [2.24, 2.45) is 5.92 Å². The quantitative estimate of drug-likeness (QED) is 0.901. The van der Waals surface area contributed by atoms with E-state index in [-0.39, 0.29) is 11.4 Å². The molecule has 1 aromatic rings. The van der Waals surface area contributed by atoms with Crippen LogP contribution in [0.25, 0.3) is 0 Å². The molecule has 1 saturated carbocycles. The summed E-state index contributed by atoms with van der Waals surface area (Å²) in [6.07, 6.45) is 2.67. The standard InChI is InChI=1S/C16H23FN2/c1-16(2)11-19(15(9-18-16)12-7-8-12)10-13-5-3-4-6-14(13)17/h3-6,12,15,18H,7-11H2,1-2H3. The van der Waals surface area contributed by atoms with Gasteiger partial charge in [-0.15, -0.1) is 0 Å². The molecule has 1 aliphatic carbocycles. The van der Waals surface area contributed by atoms with Crippen molar-refractivity contribution in [1.82, 2.24) is 10.2 Å². The Bertz CT molecular complexity index is 454. The molecule has 3 heteroatoms. The summed E-state index contributed by atoms with van der Waals surface area (Å²) in [5.74, 6) is 0.740. The van der Waals surface area contributed by atoms with E-state index in [9.17, 15) is 4.39 Å². The third-order valence-corrected chi connectivity index (χ3v) is 4.35. The highest BCUT2D eigenvalue weighted by atomic mass is 19.1. The van der Waals surface area contributed by atoms with Gasteiger partial charge in [0, 0.05) is 36.8 Å². The van der Waals surface area contributed by atoms with Crippen LogP contribution in [-0.4, -0.2) is 29.6 Å². The summed E-state index contributed by atoms with van der Waals surface area (Å²) in [4.78, 5) is 2.48. The summed E-state index contributed by atoms with van der Waals surface area (Å²) in [5.41, 5.74) is 0.947. The van der Waals surface area contributed by atoms with Crippen LogP contribution in [0.2, 0.25) is 0 Å². The van der Waals surface area contributed by atoms with Crippen molar-refractivity contribution in [3.63, 3.8) is 0 Å². The number of nitrogens with zero attached hydrogens (tertiary/aromatic N) is 1. The van der Waals surface area contributed by atoms with Crippen molar-refractivity contribution >= 4 is 0 Å². The Hall–Kier alpha value is -0.930. The van der Waals surface area contributed by atoms with E-state index in [1.165, 1.54) is 12.8 Å². The van der Waals surface area contributed by atoms with Gasteiger partial charge in [0.2, 0.25) is 0 Å². The molecule has 2 fully saturated rings. The number of hydrogen-bond donors (Lipinski definition) is 1. The summed E-state index contributed by atoms with van der Waals surface area (Å²) in [5, 5.41) is 3.62. The molecule has 1 aromatic carbocycles. The molecule has 1 aliphatic heterocycles. The molecule has 1 N–H and O–H groups in total. The highest BCUT2D eigenvalue weighted by molar-refractivity contribution is 5.18. The first kappa shape index (κ1) is 13.1. The lowest BCUT2D eigenvalue weighted by Crippen LogP contribution is -2.61. The Morgan fingerprint density at radius 3 is 2.74 bits per heavy atom. The minimum Gasteiger partial charge on any atom is -0.309 e. The van der Waals surface area contributed by atoms with E-state index in [1.807, 2.05) is 12.1 Å². The van der Waals surface area contributed by atoms with E-state index in [1.54, 1.807) is 12.1 Å². The lowest BCUT2D eigenvalue weighted by atomic mass is 9.96. The Balaban J connectivity index is 1.77. The summed E-state index contributed by atoms with van der Waals surface area (Å²) in [7, 11) is 0. The van der Waals surface area contributed by atoms with Crippen molar-refractivity contribution in [1.29, 1.82) is 0 Å². The monoisotopic (exact) mass is 262 g/mol. The molecule has 1 heterocycles. The van der Waals surface area contributed by atoms with Crippen molar-refractivity contribution in [3.8, 4) is 0 Å². The zero-order valence-corrected chi connectivity index (χ0v) is 11.8. The molecule has 2 aliphatic rings. The third-order valence-electron chi connectivity index (χ3n) is 4.35. The highest BCUT2D eigenvalue weighted by Gasteiger charge is 2.40. The maximum absolute atomic E-state index is 13.8. The maximum Gasteiger partial charge on any atom is 0.127 e. The molecule has 19 heavy (non-hydrogen) atoms. The lowest BCUT2D eigenvalue weighted by Gasteiger charge is -2.45. The Morgan fingerprint density at radius 1 is 1.32 bits per heavy atom. The Kier molecular flexibility index (Phi) is 3.35. The van der Waals surface area contributed by atoms with Gasteiger partial charge in [-0.05, 0) is 38.7 Å². The number of piperazine rings is 1. The lowest BCUT2D eigenvalue weighted by molar-refractivity contribution is 0.0749. The molecule has 1 atom stereocenters. The third kappa shape index (κ3) is 2.98. The minimum atomic E-state index is -0.0756. The predicted molar refractivity (Wildman–Crippen MR) is 75.4 cm³/mol. The van der Waals surface area contributed by atoms with Gasteiger partial charge >= 0.3 is 0 Å². The normalized spacial score (nSPS) is 27.4. The number of hydrogen-bond acceptors (Lipinski definition) is 2. The first-order chi connectivity index (χ1) is 9.05. The van der Waals surface area contributed by atoms with Crippen LogP contribution in [0.3, 0.4) is 0 Å². The number of benzene rings is 1. The predicted octanol–water partition coefficient (Wildman–Crippen LogP) is 2.79. The van der Waals surface area contributed by atoms with Crippen LogP contribution in [0.15, 0.2) is 24.3 Å². The van der Waals surface area contributed by atoms with Gasteiger partial charge in [-0.3, -0.25) is 4.90 Å². The van der Waals surface area contributed by atoms with Gasteiger partial charge in [0.05, 0.1) is 0 Å². The maximum atomic E-state index is 13.8. The zero-order valence-electron chi connectivity index (χ0n) is 11.8. The van der Waals surface area contributed by atoms with Gasteiger partial charge in [-0.1, -0.05) is 18.2 Å². The molecule has 2 nitrogen and oxygen atoms in total. The summed E-state index contributed by atoms with van der Waals surface area (Å²) in [6.45, 7) is 7.21. The average Bonchev–Trinajstić information content (AvgIpc) is 3.15. The fourth-order valence-corrected chi connectivity index (χ4v) is 3.16. The van der Waals surface area contributed by atoms with Gasteiger partial charge in [0.25, 0.3) is 0 Å². The smallest absolute Gasteiger partial charge is 0.127 e. The molecule has 0 bridgehead atoms. The van der Waals surface area contributed by atoms with E-state index >= 15 is 0 Å². The summed E-state index contributed by atoms with van der Waals surface area (Å²) < 4.78 is 13.8. The molecular formula is C16H23FN2. The molecule has 1 unspecified atom stereocenters. The zero-order chi connectivity index (χ0) is 13.5. The first-order valence-corrected chi connectivity index (χ1v) is 7.28. The van der Waals surface area contributed by atoms with Gasteiger partial charge in [-0.2, -0.15) is 0 Å². The van der Waals surface area contributed by atoms with Gasteiger partial charge in [0.1, 0.15) is 5.82 Å². The van der Waals surface area contributed by atoms with Crippen molar-refractivity contribution < 1.29 is 4.39 Å². The van der Waals surface area contributed by atoms with Crippen molar-refractivity contribution in [3.05, 3.63) is 35.6 Å². The molecule has 1 saturated heterocycles. The fourth-order valence-electron chi connectivity index (χ4n) is 3.16. The van der Waals surface area contributed by atoms with Gasteiger partial charge < -0.3 is 5.32 Å². The van der Waals surface area contributed by atoms with Crippen LogP contribution in [-0.2, 0) is 6.54 Å². The Morgan fingerprint density at radius 2 is 2.05 bits per heavy atom. The van der Waals surface area contributed by atoms with Crippen LogP contribution in [0.5, 0.6) is 0 Å². The molecule has 104 valence electrons. The van der Waals surface area contributed by atoms with Crippen LogP contribution >= 0.6 is 0 Å². The second kappa shape index (κ2) is 4.88. The van der Waals surface area contributed by atoms with E-state index in [0.717, 1.165) is 31.1 Å². The van der Waals surface area contributed by atoms with E-state index in [0.29, 0.717) is 6.04 Å². The molecule has 3 rings (SSSR count). The van der Waals surface area contributed by atoms with Crippen molar-refractivity contribution in [2.75, 3.05) is 13.1 Å². The molecular weight excluding hydrogens is 239 g/mol. The second-order valence-corrected chi connectivity index (χ2v) is 6.67. The number of nitrogens with one attached hydrogen (secondary N) is 1. The summed E-state index contributed by atoms with van der Waals surface area (Å²) >= 11 is 0. The molecule has 0 aromatic heterocycles. The van der Waals surface area contributed by atoms with E-state index < -0.39 is 0 Å². The van der Waals surface area contributed by atoms with Crippen LogP contribution in [0, 0.1) is 11.7 Å². The van der Waals surface area contributed by atoms with Gasteiger partial charge in [-0.25, -0.2) is 4.39 Å². The highest BCUT2D eigenvalue weighted by Crippen LogP contribution is 2.37. The number of halogens is 1. The van der Waals surface area contributed by atoms with Crippen LogP contribution < -0.4 is 5.32 Å². The minimum absolute atomic E-state index is 0.0756. The largest absolute Gasteiger partial charge is 0.309 e. The average molecular weight is 262 g/mol. The number of rotatable bonds is 3. The van der Waals surface area contributed by atoms with Crippen molar-refractivity contribution in [2.45, 2.75) is 44.8 Å². The molecule has 0 spiro atoms. The van der Waals surface area contributed by atoms with Crippen LogP contribution in [0.1, 0.15) is 32.3 Å². The first-order valence-electron chi connectivity index (χ1n) is 7.28. The topological polar surface area (TPSA) is 15.3 Å².